The SMILES string of the molecule is C=C[C@@H]1CC[C@H](O)CN1. The summed E-state index contributed by atoms with van der Waals surface area (Å²) in [5.41, 5.74) is 0. The summed E-state index contributed by atoms with van der Waals surface area (Å²) in [5, 5.41) is 12.2. The molecule has 0 aliphatic carbocycles. The van der Waals surface area contributed by atoms with Crippen molar-refractivity contribution in [3.8, 4) is 0 Å². The van der Waals surface area contributed by atoms with Gasteiger partial charge in [-0.15, -0.1) is 6.58 Å². The minimum Gasteiger partial charge on any atom is -0.392 e. The lowest BCUT2D eigenvalue weighted by Gasteiger charge is -2.24. The van der Waals surface area contributed by atoms with Crippen molar-refractivity contribution >= 4 is 0 Å². The van der Waals surface area contributed by atoms with E-state index in [2.05, 4.69) is 11.9 Å². The number of β-amino-alcohol motifs (C(OH)–C–C–N with tert-alkyl or cyclic N) is 1. The minimum absolute atomic E-state index is 0.138. The van der Waals surface area contributed by atoms with Gasteiger partial charge in [0.25, 0.3) is 0 Å². The van der Waals surface area contributed by atoms with Crippen molar-refractivity contribution in [1.82, 2.24) is 5.32 Å². The average Bonchev–Trinajstić information content (AvgIpc) is 1.90. The van der Waals surface area contributed by atoms with Crippen LogP contribution in [0.1, 0.15) is 12.8 Å². The van der Waals surface area contributed by atoms with Gasteiger partial charge in [-0.25, -0.2) is 0 Å². The second kappa shape index (κ2) is 2.99. The summed E-state index contributed by atoms with van der Waals surface area (Å²) >= 11 is 0. The van der Waals surface area contributed by atoms with Gasteiger partial charge in [-0.1, -0.05) is 6.08 Å². The highest BCUT2D eigenvalue weighted by Crippen LogP contribution is 2.07. The number of aliphatic hydroxyl groups excluding tert-OH is 1. The maximum absolute atomic E-state index is 9.03. The van der Waals surface area contributed by atoms with E-state index in [1.807, 2.05) is 6.08 Å². The molecule has 2 atom stereocenters. The van der Waals surface area contributed by atoms with Gasteiger partial charge in [-0.3, -0.25) is 0 Å². The average molecular weight is 127 g/mol. The Kier molecular flexibility index (Phi) is 2.25. The first-order valence-electron chi connectivity index (χ1n) is 3.37. The van der Waals surface area contributed by atoms with Gasteiger partial charge in [0.2, 0.25) is 0 Å². The van der Waals surface area contributed by atoms with Crippen LogP contribution in [0, 0.1) is 0 Å². The van der Waals surface area contributed by atoms with E-state index in [4.69, 9.17) is 5.11 Å². The molecule has 9 heavy (non-hydrogen) atoms. The molecular weight excluding hydrogens is 114 g/mol. The Morgan fingerprint density at radius 2 is 2.33 bits per heavy atom. The van der Waals surface area contributed by atoms with Gasteiger partial charge in [-0.2, -0.15) is 0 Å². The monoisotopic (exact) mass is 127 g/mol. The van der Waals surface area contributed by atoms with Crippen molar-refractivity contribution in [2.24, 2.45) is 0 Å². The molecule has 0 saturated carbocycles. The zero-order valence-corrected chi connectivity index (χ0v) is 5.51. The summed E-state index contributed by atoms with van der Waals surface area (Å²) in [7, 11) is 0. The third-order valence-corrected chi connectivity index (χ3v) is 1.71. The lowest BCUT2D eigenvalue weighted by Crippen LogP contribution is -2.40. The van der Waals surface area contributed by atoms with E-state index in [1.54, 1.807) is 0 Å². The zero-order chi connectivity index (χ0) is 6.69. The summed E-state index contributed by atoms with van der Waals surface area (Å²) in [6.45, 7) is 4.38. The standard InChI is InChI=1S/C7H13NO/c1-2-6-3-4-7(9)5-8-6/h2,6-9H,1,3-5H2/t6-,7+/m1/s1. The molecule has 0 aromatic heterocycles. The van der Waals surface area contributed by atoms with Gasteiger partial charge in [-0.05, 0) is 12.8 Å². The van der Waals surface area contributed by atoms with Gasteiger partial charge < -0.3 is 10.4 Å². The summed E-state index contributed by atoms with van der Waals surface area (Å²) in [5.74, 6) is 0. The maximum Gasteiger partial charge on any atom is 0.0665 e. The lowest BCUT2D eigenvalue weighted by atomic mass is 10.0. The minimum atomic E-state index is -0.138. The van der Waals surface area contributed by atoms with Crippen molar-refractivity contribution in [3.63, 3.8) is 0 Å². The summed E-state index contributed by atoms with van der Waals surface area (Å²) in [4.78, 5) is 0. The van der Waals surface area contributed by atoms with E-state index < -0.39 is 0 Å². The first-order chi connectivity index (χ1) is 4.33. The van der Waals surface area contributed by atoms with Crippen LogP contribution >= 0.6 is 0 Å². The predicted molar refractivity (Wildman–Crippen MR) is 37.2 cm³/mol. The van der Waals surface area contributed by atoms with Gasteiger partial charge in [0, 0.05) is 12.6 Å². The Morgan fingerprint density at radius 3 is 2.78 bits per heavy atom. The highest BCUT2D eigenvalue weighted by atomic mass is 16.3. The molecule has 0 aromatic rings. The van der Waals surface area contributed by atoms with E-state index in [1.165, 1.54) is 0 Å². The number of piperidine rings is 1. The third-order valence-electron chi connectivity index (χ3n) is 1.71. The van der Waals surface area contributed by atoms with Crippen LogP contribution in [0.3, 0.4) is 0 Å². The van der Waals surface area contributed by atoms with Gasteiger partial charge >= 0.3 is 0 Å². The normalized spacial score (nSPS) is 36.1. The largest absolute Gasteiger partial charge is 0.392 e. The lowest BCUT2D eigenvalue weighted by molar-refractivity contribution is 0.133. The van der Waals surface area contributed by atoms with Crippen LogP contribution < -0.4 is 5.32 Å². The smallest absolute Gasteiger partial charge is 0.0665 e. The summed E-state index contributed by atoms with van der Waals surface area (Å²) in [6.07, 6.45) is 3.68. The summed E-state index contributed by atoms with van der Waals surface area (Å²) in [6, 6.07) is 0.424. The first kappa shape index (κ1) is 6.78. The van der Waals surface area contributed by atoms with Crippen LogP contribution in [-0.4, -0.2) is 23.8 Å². The van der Waals surface area contributed by atoms with Crippen LogP contribution in [0.15, 0.2) is 12.7 Å². The molecule has 2 nitrogen and oxygen atoms in total. The molecule has 0 aromatic carbocycles. The van der Waals surface area contributed by atoms with E-state index in [-0.39, 0.29) is 6.10 Å². The molecule has 1 fully saturated rings. The van der Waals surface area contributed by atoms with Crippen molar-refractivity contribution < 1.29 is 5.11 Å². The number of nitrogens with one attached hydrogen (secondary N) is 1. The fourth-order valence-corrected chi connectivity index (χ4v) is 1.06. The van der Waals surface area contributed by atoms with Crippen LogP contribution in [0.4, 0.5) is 0 Å². The highest BCUT2D eigenvalue weighted by Gasteiger charge is 2.14. The number of rotatable bonds is 1. The molecule has 2 heteroatoms. The molecule has 0 amide bonds. The Morgan fingerprint density at radius 1 is 1.56 bits per heavy atom. The third kappa shape index (κ3) is 1.80. The van der Waals surface area contributed by atoms with Crippen molar-refractivity contribution in [3.05, 3.63) is 12.7 Å². The Labute approximate surface area is 55.6 Å². The Balaban J connectivity index is 2.26. The molecule has 1 aliphatic heterocycles. The van der Waals surface area contributed by atoms with Crippen LogP contribution in [0.25, 0.3) is 0 Å². The fraction of sp³-hybridized carbons (Fsp3) is 0.714. The molecule has 52 valence electrons. The van der Waals surface area contributed by atoms with Gasteiger partial charge in [0.05, 0.1) is 6.10 Å². The van der Waals surface area contributed by atoms with Gasteiger partial charge in [0.1, 0.15) is 0 Å². The van der Waals surface area contributed by atoms with Gasteiger partial charge in [0.15, 0.2) is 0 Å². The maximum atomic E-state index is 9.03. The molecule has 1 aliphatic rings. The quantitative estimate of drug-likeness (QED) is 0.496. The highest BCUT2D eigenvalue weighted by molar-refractivity contribution is 4.89. The van der Waals surface area contributed by atoms with E-state index in [9.17, 15) is 0 Å². The van der Waals surface area contributed by atoms with Crippen molar-refractivity contribution in [2.75, 3.05) is 6.54 Å². The number of hydrogen-bond acceptors (Lipinski definition) is 2. The molecule has 2 N–H and O–H groups in total. The Bertz CT molecular complexity index is 95.1. The van der Waals surface area contributed by atoms with E-state index in [0.717, 1.165) is 19.4 Å². The molecule has 1 rings (SSSR count). The van der Waals surface area contributed by atoms with Crippen molar-refractivity contribution in [2.45, 2.75) is 25.0 Å². The van der Waals surface area contributed by atoms with E-state index in [0.29, 0.717) is 6.04 Å². The number of aliphatic hydroxyl groups is 1. The molecule has 1 heterocycles. The number of hydrogen-bond donors (Lipinski definition) is 2. The molecular formula is C7H13NO. The zero-order valence-electron chi connectivity index (χ0n) is 5.51. The second-order valence-corrected chi connectivity index (χ2v) is 2.48. The van der Waals surface area contributed by atoms with Crippen LogP contribution in [0.2, 0.25) is 0 Å². The van der Waals surface area contributed by atoms with Crippen molar-refractivity contribution in [1.29, 1.82) is 0 Å². The topological polar surface area (TPSA) is 32.3 Å². The van der Waals surface area contributed by atoms with Crippen LogP contribution in [-0.2, 0) is 0 Å². The Hall–Kier alpha value is -0.340. The molecule has 0 bridgehead atoms. The first-order valence-corrected chi connectivity index (χ1v) is 3.37. The molecule has 0 unspecified atom stereocenters. The summed E-state index contributed by atoms with van der Waals surface area (Å²) < 4.78 is 0. The fourth-order valence-electron chi connectivity index (χ4n) is 1.06. The predicted octanol–water partition coefficient (Wildman–Crippen LogP) is 0.285. The van der Waals surface area contributed by atoms with Crippen LogP contribution in [0.5, 0.6) is 0 Å². The van der Waals surface area contributed by atoms with E-state index >= 15 is 0 Å². The molecule has 0 spiro atoms. The molecule has 1 saturated heterocycles. The molecule has 0 radical (unpaired) electrons. The second-order valence-electron chi connectivity index (χ2n) is 2.48.